The lowest BCUT2D eigenvalue weighted by molar-refractivity contribution is -0.146. The zero-order valence-electron chi connectivity index (χ0n) is 15.9. The number of rotatable bonds is 3. The number of anilines is 1. The van der Waals surface area contributed by atoms with Crippen molar-refractivity contribution in [1.82, 2.24) is 9.80 Å². The van der Waals surface area contributed by atoms with Gasteiger partial charge in [-0.2, -0.15) is 0 Å². The van der Waals surface area contributed by atoms with E-state index in [2.05, 4.69) is 4.90 Å². The zero-order valence-corrected chi connectivity index (χ0v) is 16.7. The Hall–Kier alpha value is -2.34. The number of aryl methyl sites for hydroxylation is 1. The van der Waals surface area contributed by atoms with Gasteiger partial charge in [0.05, 0.1) is 11.8 Å². The fraction of sp³-hybridized carbons (Fsp3) is 0.476. The van der Waals surface area contributed by atoms with E-state index in [0.29, 0.717) is 44.0 Å². The molecule has 4 rings (SSSR count). The molecule has 1 aromatic rings. The van der Waals surface area contributed by atoms with E-state index < -0.39 is 0 Å². The number of amides is 3. The van der Waals surface area contributed by atoms with E-state index in [-0.39, 0.29) is 36.1 Å². The lowest BCUT2D eigenvalue weighted by atomic mass is 9.85. The SMILES string of the molecule is Cc1ccc(Cl)cc1N1CCN(C(=O)CN2C(=O)[C@@H]3CC=CC[C@H]3C2=O)CC1. The predicted octanol–water partition coefficient (Wildman–Crippen LogP) is 2.25. The summed E-state index contributed by atoms with van der Waals surface area (Å²) >= 11 is 6.12. The monoisotopic (exact) mass is 401 g/mol. The van der Waals surface area contributed by atoms with Gasteiger partial charge in [0.2, 0.25) is 17.7 Å². The quantitative estimate of drug-likeness (QED) is 0.575. The fourth-order valence-corrected chi connectivity index (χ4v) is 4.55. The minimum Gasteiger partial charge on any atom is -0.368 e. The standard InChI is InChI=1S/C21H24ClN3O3/c1-14-6-7-15(22)12-18(14)23-8-10-24(11-9-23)19(26)13-25-20(27)16-4-2-3-5-17(16)21(25)28/h2-3,6-7,12,16-17H,4-5,8-11,13H2,1H3/t16-,17-/m1/s1. The van der Waals surface area contributed by atoms with Crippen LogP contribution in [0.5, 0.6) is 0 Å². The normalized spacial score (nSPS) is 24.7. The molecule has 1 aliphatic carbocycles. The van der Waals surface area contributed by atoms with Crippen molar-refractivity contribution in [3.05, 3.63) is 40.9 Å². The summed E-state index contributed by atoms with van der Waals surface area (Å²) in [5.41, 5.74) is 2.23. The van der Waals surface area contributed by atoms with Gasteiger partial charge in [-0.05, 0) is 37.5 Å². The molecule has 0 aromatic heterocycles. The molecular formula is C21H24ClN3O3. The van der Waals surface area contributed by atoms with E-state index >= 15 is 0 Å². The Labute approximate surface area is 169 Å². The van der Waals surface area contributed by atoms with Gasteiger partial charge in [0.15, 0.2) is 0 Å². The highest BCUT2D eigenvalue weighted by molar-refractivity contribution is 6.30. The van der Waals surface area contributed by atoms with Gasteiger partial charge >= 0.3 is 0 Å². The second kappa shape index (κ2) is 7.59. The molecule has 0 spiro atoms. The molecule has 1 aromatic carbocycles. The first-order chi connectivity index (χ1) is 13.5. The third kappa shape index (κ3) is 3.41. The van der Waals surface area contributed by atoms with Crippen molar-refractivity contribution in [3.63, 3.8) is 0 Å². The first-order valence-corrected chi connectivity index (χ1v) is 10.1. The first-order valence-electron chi connectivity index (χ1n) is 9.75. The van der Waals surface area contributed by atoms with Crippen molar-refractivity contribution in [1.29, 1.82) is 0 Å². The maximum Gasteiger partial charge on any atom is 0.242 e. The Kier molecular flexibility index (Phi) is 5.15. The average Bonchev–Trinajstić information content (AvgIpc) is 2.95. The second-order valence-corrected chi connectivity index (χ2v) is 8.15. The molecule has 6 nitrogen and oxygen atoms in total. The minimum absolute atomic E-state index is 0.138. The number of benzene rings is 1. The number of imide groups is 1. The van der Waals surface area contributed by atoms with Crippen molar-refractivity contribution >= 4 is 35.0 Å². The van der Waals surface area contributed by atoms with E-state index in [4.69, 9.17) is 11.6 Å². The van der Waals surface area contributed by atoms with Crippen LogP contribution in [0.15, 0.2) is 30.4 Å². The summed E-state index contributed by atoms with van der Waals surface area (Å²) in [7, 11) is 0. The molecule has 7 heteroatoms. The Bertz CT molecular complexity index is 819. The third-order valence-corrected chi connectivity index (χ3v) is 6.27. The maximum atomic E-state index is 12.7. The molecule has 2 heterocycles. The number of allylic oxidation sites excluding steroid dienone is 2. The largest absolute Gasteiger partial charge is 0.368 e. The number of nitrogens with zero attached hydrogens (tertiary/aromatic N) is 3. The zero-order chi connectivity index (χ0) is 19.8. The Morgan fingerprint density at radius 3 is 2.25 bits per heavy atom. The molecule has 0 saturated carbocycles. The lowest BCUT2D eigenvalue weighted by Gasteiger charge is -2.37. The number of piperazine rings is 1. The highest BCUT2D eigenvalue weighted by Gasteiger charge is 2.48. The highest BCUT2D eigenvalue weighted by atomic mass is 35.5. The topological polar surface area (TPSA) is 60.9 Å². The fourth-order valence-electron chi connectivity index (χ4n) is 4.38. The van der Waals surface area contributed by atoms with Gasteiger partial charge in [0, 0.05) is 36.9 Å². The van der Waals surface area contributed by atoms with Gasteiger partial charge in [-0.1, -0.05) is 29.8 Å². The number of carbonyl (C=O) groups excluding carboxylic acids is 3. The maximum absolute atomic E-state index is 12.7. The van der Waals surface area contributed by atoms with E-state index in [1.807, 2.05) is 37.3 Å². The van der Waals surface area contributed by atoms with E-state index in [1.54, 1.807) is 4.90 Å². The van der Waals surface area contributed by atoms with Crippen LogP contribution in [-0.2, 0) is 14.4 Å². The number of hydrogen-bond donors (Lipinski definition) is 0. The molecule has 3 aliphatic rings. The van der Waals surface area contributed by atoms with E-state index in [1.165, 1.54) is 4.90 Å². The van der Waals surface area contributed by atoms with Crippen molar-refractivity contribution in [2.75, 3.05) is 37.6 Å². The molecule has 2 fully saturated rings. The van der Waals surface area contributed by atoms with Crippen LogP contribution in [0.2, 0.25) is 5.02 Å². The molecule has 2 aliphatic heterocycles. The van der Waals surface area contributed by atoms with Gasteiger partial charge in [-0.3, -0.25) is 19.3 Å². The van der Waals surface area contributed by atoms with Crippen molar-refractivity contribution in [2.45, 2.75) is 19.8 Å². The molecule has 0 bridgehead atoms. The summed E-state index contributed by atoms with van der Waals surface area (Å²) in [5.74, 6) is -1.11. The van der Waals surface area contributed by atoms with Gasteiger partial charge in [-0.15, -0.1) is 0 Å². The molecule has 0 radical (unpaired) electrons. The summed E-state index contributed by atoms with van der Waals surface area (Å²) in [5, 5.41) is 0.695. The summed E-state index contributed by atoms with van der Waals surface area (Å²) in [4.78, 5) is 43.0. The second-order valence-electron chi connectivity index (χ2n) is 7.72. The molecule has 0 unspecified atom stereocenters. The molecule has 28 heavy (non-hydrogen) atoms. The van der Waals surface area contributed by atoms with Gasteiger partial charge in [0.25, 0.3) is 0 Å². The number of hydrogen-bond acceptors (Lipinski definition) is 4. The van der Waals surface area contributed by atoms with Gasteiger partial charge in [0.1, 0.15) is 6.54 Å². The molecule has 148 valence electrons. The number of likely N-dealkylation sites (tertiary alicyclic amines) is 1. The van der Waals surface area contributed by atoms with Crippen LogP contribution < -0.4 is 4.90 Å². The minimum atomic E-state index is -0.284. The van der Waals surface area contributed by atoms with Crippen LogP contribution in [0.25, 0.3) is 0 Å². The van der Waals surface area contributed by atoms with E-state index in [9.17, 15) is 14.4 Å². The summed E-state index contributed by atoms with van der Waals surface area (Å²) in [6, 6.07) is 5.82. The molecule has 0 N–H and O–H groups in total. The average molecular weight is 402 g/mol. The first kappa shape index (κ1) is 19.0. The summed E-state index contributed by atoms with van der Waals surface area (Å²) in [6.07, 6.45) is 5.10. The van der Waals surface area contributed by atoms with Crippen LogP contribution >= 0.6 is 11.6 Å². The highest BCUT2D eigenvalue weighted by Crippen LogP contribution is 2.35. The van der Waals surface area contributed by atoms with Crippen molar-refractivity contribution < 1.29 is 14.4 Å². The Morgan fingerprint density at radius 1 is 1.04 bits per heavy atom. The molecular weight excluding hydrogens is 378 g/mol. The Balaban J connectivity index is 1.36. The van der Waals surface area contributed by atoms with Crippen molar-refractivity contribution in [2.24, 2.45) is 11.8 Å². The third-order valence-electron chi connectivity index (χ3n) is 6.04. The van der Waals surface area contributed by atoms with Gasteiger partial charge in [-0.25, -0.2) is 0 Å². The van der Waals surface area contributed by atoms with Crippen molar-refractivity contribution in [3.8, 4) is 0 Å². The molecule has 3 amide bonds. The van der Waals surface area contributed by atoms with E-state index in [0.717, 1.165) is 11.3 Å². The summed E-state index contributed by atoms with van der Waals surface area (Å²) < 4.78 is 0. The number of carbonyl (C=O) groups is 3. The number of halogens is 1. The van der Waals surface area contributed by atoms with Gasteiger partial charge < -0.3 is 9.80 Å². The predicted molar refractivity (Wildman–Crippen MR) is 107 cm³/mol. The van der Waals surface area contributed by atoms with Crippen LogP contribution in [0.1, 0.15) is 18.4 Å². The molecule has 2 atom stereocenters. The smallest absolute Gasteiger partial charge is 0.242 e. The van der Waals surface area contributed by atoms with Crippen LogP contribution in [0.3, 0.4) is 0 Å². The van der Waals surface area contributed by atoms with Crippen LogP contribution in [0, 0.1) is 18.8 Å². The molecule has 2 saturated heterocycles. The lowest BCUT2D eigenvalue weighted by Crippen LogP contribution is -2.52. The van der Waals surface area contributed by atoms with Crippen LogP contribution in [-0.4, -0.2) is 60.2 Å². The summed E-state index contributed by atoms with van der Waals surface area (Å²) in [6.45, 7) is 4.43. The number of fused-ring (bicyclic) bond motifs is 1. The Morgan fingerprint density at radius 2 is 1.64 bits per heavy atom. The van der Waals surface area contributed by atoms with Crippen LogP contribution in [0.4, 0.5) is 5.69 Å².